The van der Waals surface area contributed by atoms with E-state index in [1.807, 2.05) is 24.3 Å². The minimum atomic E-state index is -0.623. The van der Waals surface area contributed by atoms with Gasteiger partial charge in [-0.05, 0) is 11.1 Å². The van der Waals surface area contributed by atoms with Crippen LogP contribution in [0.2, 0.25) is 10.0 Å². The summed E-state index contributed by atoms with van der Waals surface area (Å²) in [6, 6.07) is 27.9. The van der Waals surface area contributed by atoms with Crippen LogP contribution in [0.1, 0.15) is 88.8 Å². The summed E-state index contributed by atoms with van der Waals surface area (Å²) in [7, 11) is 0. The van der Waals surface area contributed by atoms with Gasteiger partial charge >= 0.3 is 123 Å². The number of fused-ring (bicyclic) bond motifs is 5. The molecule has 0 aromatic heterocycles. The minimum absolute atomic E-state index is 0. The van der Waals surface area contributed by atoms with Gasteiger partial charge in [-0.2, -0.15) is 11.6 Å². The van der Waals surface area contributed by atoms with Crippen LogP contribution in [-0.2, 0) is 33.1 Å². The van der Waals surface area contributed by atoms with Crippen molar-refractivity contribution >= 4 is 64.3 Å². The molecule has 270 valence electrons. The smallest absolute Gasteiger partial charge is 1.00 e. The van der Waals surface area contributed by atoms with Crippen molar-refractivity contribution in [1.29, 1.82) is 0 Å². The van der Waals surface area contributed by atoms with E-state index in [0.717, 1.165) is 10.0 Å². The third-order valence-electron chi connectivity index (χ3n) is 9.83. The number of rotatable bonds is 2. The predicted octanol–water partition coefficient (Wildman–Crippen LogP) is 7.37. The zero-order chi connectivity index (χ0) is 35.8. The van der Waals surface area contributed by atoms with E-state index >= 15 is 0 Å². The first-order chi connectivity index (χ1) is 23.6. The molecule has 0 nitrogen and oxygen atoms in total. The molecule has 1 atom stereocenters. The van der Waals surface area contributed by atoms with Crippen LogP contribution in [0.25, 0.3) is 33.7 Å². The van der Waals surface area contributed by atoms with Crippen LogP contribution in [0, 0.1) is 17.4 Å². The van der Waals surface area contributed by atoms with Gasteiger partial charge in [-0.3, -0.25) is 6.08 Å². The van der Waals surface area contributed by atoms with Crippen molar-refractivity contribution in [2.24, 2.45) is 11.3 Å². The van der Waals surface area contributed by atoms with E-state index in [1.165, 1.54) is 60.5 Å². The van der Waals surface area contributed by atoms with Crippen molar-refractivity contribution in [3.8, 4) is 0 Å². The average molecular weight is 844 g/mol. The summed E-state index contributed by atoms with van der Waals surface area (Å²) < 4.78 is 4.66. The van der Waals surface area contributed by atoms with Gasteiger partial charge in [0.15, 0.2) is 0 Å². The molecule has 0 fully saturated rings. The molecule has 5 aromatic rings. The quantitative estimate of drug-likeness (QED) is 0.163. The topological polar surface area (TPSA) is 0 Å². The third kappa shape index (κ3) is 9.77. The van der Waals surface area contributed by atoms with Gasteiger partial charge in [0.25, 0.3) is 0 Å². The first-order valence-electron chi connectivity index (χ1n) is 17.4. The second-order valence-corrected chi connectivity index (χ2v) is 18.9. The molecular weight excluding hydrogens is 798 g/mol. The normalized spacial score (nSPS) is 16.7. The van der Waals surface area contributed by atoms with Gasteiger partial charge in [0.2, 0.25) is 0 Å². The van der Waals surface area contributed by atoms with E-state index in [4.69, 9.17) is 23.2 Å². The van der Waals surface area contributed by atoms with Gasteiger partial charge in [0.1, 0.15) is 0 Å². The summed E-state index contributed by atoms with van der Waals surface area (Å²) in [6.45, 7) is 18.0. The summed E-state index contributed by atoms with van der Waals surface area (Å²) in [5.74, 6) is 0.522. The Labute approximate surface area is 344 Å². The molecule has 0 bridgehead atoms. The Balaban J connectivity index is 0.000000185. The second kappa shape index (κ2) is 16.9. The number of halogens is 4. The van der Waals surface area contributed by atoms with Crippen molar-refractivity contribution in [2.45, 2.75) is 66.2 Å². The van der Waals surface area contributed by atoms with E-state index in [2.05, 4.69) is 160 Å². The Morgan fingerprint density at radius 3 is 1.46 bits per heavy atom. The molecule has 5 aromatic carbocycles. The van der Waals surface area contributed by atoms with Crippen molar-refractivity contribution in [3.05, 3.63) is 158 Å². The summed E-state index contributed by atoms with van der Waals surface area (Å²) in [5.41, 5.74) is 10.2. The zero-order valence-corrected chi connectivity index (χ0v) is 36.7. The molecule has 0 aliphatic heterocycles. The Kier molecular flexibility index (Phi) is 13.7. The van der Waals surface area contributed by atoms with Gasteiger partial charge in [-0.25, -0.2) is 6.08 Å². The molecule has 52 heavy (non-hydrogen) atoms. The zero-order valence-electron chi connectivity index (χ0n) is 31.2. The standard InChI is InChI=1S/C23H21.C10H15.2C7H5Cl.2ClH.Zr/c1-22(2)7-5-14-10-18-16(12-20(14)22)9-17-13-21-15(11-19(17)18)6-8-23(21,3)4;1-8-5-6-9(7-8)10(2,3)4;2*1-6-2-4-7(8)5-3-6;;;/h5-13H,1-4H3;6-8H,1-4H3;2*1-5H;2*1H;/q2*-1;;;;;/p-2. The van der Waals surface area contributed by atoms with Crippen LogP contribution in [0.5, 0.6) is 0 Å². The fraction of sp³-hybridized carbons (Fsp3) is 0.255. The first-order valence-corrected chi connectivity index (χ1v) is 21.0. The van der Waals surface area contributed by atoms with Crippen LogP contribution in [0.15, 0.2) is 109 Å². The SMILES string of the molecule is CC1(C)C=Cc2cc3c(cc21)[cH-]c1cc2c(cc13)C=CC2(C)C.CC1[C-]=CC(C(C)(C)C)=C1.Clc1ccc([CH]=[Zr]=[CH]c2ccc(Cl)cc2)cc1.[Cl-].[Cl-]. The Morgan fingerprint density at radius 1 is 0.692 bits per heavy atom. The van der Waals surface area contributed by atoms with Crippen molar-refractivity contribution in [1.82, 2.24) is 0 Å². The molecule has 5 heteroatoms. The van der Waals surface area contributed by atoms with Gasteiger partial charge in [0.05, 0.1) is 0 Å². The number of hydrogen-bond donors (Lipinski definition) is 0. The molecule has 1 unspecified atom stereocenters. The van der Waals surface area contributed by atoms with Crippen molar-refractivity contribution in [2.75, 3.05) is 0 Å². The van der Waals surface area contributed by atoms with E-state index in [9.17, 15) is 0 Å². The number of allylic oxidation sites excluding steroid dienone is 6. The largest absolute Gasteiger partial charge is 1.00 e. The van der Waals surface area contributed by atoms with Crippen molar-refractivity contribution in [3.63, 3.8) is 0 Å². The van der Waals surface area contributed by atoms with Gasteiger partial charge < -0.3 is 24.8 Å². The van der Waals surface area contributed by atoms with Crippen LogP contribution >= 0.6 is 23.2 Å². The average Bonchev–Trinajstić information content (AvgIpc) is 3.81. The summed E-state index contributed by atoms with van der Waals surface area (Å²) in [4.78, 5) is 0. The molecule has 0 saturated carbocycles. The van der Waals surface area contributed by atoms with Gasteiger partial charge in [-0.15, -0.1) is 39.7 Å². The van der Waals surface area contributed by atoms with Crippen LogP contribution in [0.4, 0.5) is 0 Å². The number of hydrogen-bond acceptors (Lipinski definition) is 0. The molecule has 0 spiro atoms. The monoisotopic (exact) mass is 840 g/mol. The molecule has 0 radical (unpaired) electrons. The molecule has 3 aliphatic rings. The van der Waals surface area contributed by atoms with E-state index in [0.29, 0.717) is 11.3 Å². The second-order valence-electron chi connectivity index (χ2n) is 15.8. The molecule has 8 rings (SSSR count). The molecule has 0 saturated heterocycles. The fourth-order valence-corrected chi connectivity index (χ4v) is 9.06. The Morgan fingerprint density at radius 2 is 1.12 bits per heavy atom. The molecular formula is C47H46Cl4Zr-4. The summed E-state index contributed by atoms with van der Waals surface area (Å²) >= 11 is 11.0. The molecule has 0 amide bonds. The molecule has 0 heterocycles. The van der Waals surface area contributed by atoms with Crippen LogP contribution < -0.4 is 24.8 Å². The Hall–Kier alpha value is -2.51. The van der Waals surface area contributed by atoms with E-state index in [1.54, 1.807) is 0 Å². The maximum atomic E-state index is 5.84. The maximum Gasteiger partial charge on any atom is -1.00 e. The van der Waals surface area contributed by atoms with Crippen LogP contribution in [-0.4, -0.2) is 7.42 Å². The molecule has 3 aliphatic carbocycles. The first kappa shape index (κ1) is 42.2. The molecule has 0 N–H and O–H groups in total. The predicted molar refractivity (Wildman–Crippen MR) is 219 cm³/mol. The van der Waals surface area contributed by atoms with Crippen LogP contribution in [0.3, 0.4) is 0 Å². The fourth-order valence-electron chi connectivity index (χ4n) is 6.71. The minimum Gasteiger partial charge on any atom is -1.00 e. The van der Waals surface area contributed by atoms with Crippen molar-refractivity contribution < 1.29 is 47.1 Å². The maximum absolute atomic E-state index is 5.84. The summed E-state index contributed by atoms with van der Waals surface area (Å²) in [6.07, 6.45) is 16.9. The van der Waals surface area contributed by atoms with Gasteiger partial charge in [0, 0.05) is 10.8 Å². The third-order valence-corrected chi connectivity index (χ3v) is 12.8. The van der Waals surface area contributed by atoms with E-state index in [-0.39, 0.29) is 35.6 Å². The Bertz CT molecular complexity index is 2110. The van der Waals surface area contributed by atoms with E-state index < -0.39 is 22.3 Å². The van der Waals surface area contributed by atoms with Gasteiger partial charge in [-0.1, -0.05) is 114 Å². The number of benzene rings is 4. The summed E-state index contributed by atoms with van der Waals surface area (Å²) in [5, 5.41) is 7.11.